The van der Waals surface area contributed by atoms with E-state index in [1.54, 1.807) is 24.5 Å². The number of aryl methyl sites for hydroxylation is 1. The fraction of sp³-hybridized carbons (Fsp3) is 0.185. The molecule has 0 saturated carbocycles. The van der Waals surface area contributed by atoms with Crippen molar-refractivity contribution in [3.63, 3.8) is 0 Å². The highest BCUT2D eigenvalue weighted by Crippen LogP contribution is 2.29. The van der Waals surface area contributed by atoms with E-state index in [0.717, 1.165) is 28.1 Å². The molecule has 3 N–H and O–H groups in total. The van der Waals surface area contributed by atoms with E-state index in [4.69, 9.17) is 0 Å². The molecule has 0 bridgehead atoms. The molecule has 0 fully saturated rings. The standard InChI is InChI=1S/C27H28N4O2/c1-20-14-21(16-30-25-10-2-3-11-26(25)32)27(33)22(15-20)17-31(18-23-8-4-6-12-28-23)19-24-9-5-7-13-29-24/h2-15,30,32-33H,16-19H2,1H3. The largest absolute Gasteiger partial charge is 0.507 e. The Balaban J connectivity index is 1.56. The Bertz CT molecular complexity index is 1140. The Morgan fingerprint density at radius 2 is 1.36 bits per heavy atom. The molecule has 6 nitrogen and oxygen atoms in total. The summed E-state index contributed by atoms with van der Waals surface area (Å²) in [4.78, 5) is 11.2. The van der Waals surface area contributed by atoms with Gasteiger partial charge in [-0.15, -0.1) is 0 Å². The number of phenols is 2. The summed E-state index contributed by atoms with van der Waals surface area (Å²) in [5.74, 6) is 0.442. The summed E-state index contributed by atoms with van der Waals surface area (Å²) in [5, 5.41) is 24.3. The summed E-state index contributed by atoms with van der Waals surface area (Å²) in [6, 6.07) is 22.8. The predicted octanol–water partition coefficient (Wildman–Crippen LogP) is 5.01. The van der Waals surface area contributed by atoms with Crippen LogP contribution < -0.4 is 5.32 Å². The van der Waals surface area contributed by atoms with Gasteiger partial charge in [0.25, 0.3) is 0 Å². The van der Waals surface area contributed by atoms with Crippen molar-refractivity contribution in [2.24, 2.45) is 0 Å². The van der Waals surface area contributed by atoms with Crippen LogP contribution in [0.5, 0.6) is 11.5 Å². The molecule has 0 saturated heterocycles. The van der Waals surface area contributed by atoms with Crippen molar-refractivity contribution < 1.29 is 10.2 Å². The Labute approximate surface area is 194 Å². The van der Waals surface area contributed by atoms with Gasteiger partial charge in [-0.2, -0.15) is 0 Å². The molecule has 0 aliphatic carbocycles. The van der Waals surface area contributed by atoms with E-state index in [1.807, 2.05) is 67.6 Å². The Morgan fingerprint density at radius 1 is 0.758 bits per heavy atom. The number of rotatable bonds is 9. The molecule has 168 valence electrons. The van der Waals surface area contributed by atoms with Gasteiger partial charge in [0, 0.05) is 49.7 Å². The summed E-state index contributed by atoms with van der Waals surface area (Å²) >= 11 is 0. The van der Waals surface area contributed by atoms with Crippen LogP contribution in [0.4, 0.5) is 5.69 Å². The lowest BCUT2D eigenvalue weighted by molar-refractivity contribution is 0.238. The van der Waals surface area contributed by atoms with E-state index in [1.165, 1.54) is 0 Å². The van der Waals surface area contributed by atoms with Gasteiger partial charge in [0.15, 0.2) is 0 Å². The Kier molecular flexibility index (Phi) is 7.17. The lowest BCUT2D eigenvalue weighted by Gasteiger charge is -2.23. The minimum absolute atomic E-state index is 0.182. The van der Waals surface area contributed by atoms with E-state index in [2.05, 4.69) is 20.2 Å². The van der Waals surface area contributed by atoms with Crippen LogP contribution in [-0.2, 0) is 26.2 Å². The van der Waals surface area contributed by atoms with E-state index >= 15 is 0 Å². The molecule has 0 radical (unpaired) electrons. The molecule has 0 spiro atoms. The molecule has 6 heteroatoms. The first-order valence-corrected chi connectivity index (χ1v) is 10.9. The molecule has 4 rings (SSSR count). The van der Waals surface area contributed by atoms with E-state index in [0.29, 0.717) is 31.9 Å². The fourth-order valence-electron chi connectivity index (χ4n) is 3.85. The van der Waals surface area contributed by atoms with Crippen molar-refractivity contribution in [1.29, 1.82) is 0 Å². The Morgan fingerprint density at radius 3 is 1.97 bits per heavy atom. The van der Waals surface area contributed by atoms with E-state index in [-0.39, 0.29) is 11.5 Å². The maximum atomic E-state index is 11.1. The van der Waals surface area contributed by atoms with E-state index < -0.39 is 0 Å². The molecule has 33 heavy (non-hydrogen) atoms. The van der Waals surface area contributed by atoms with Crippen LogP contribution >= 0.6 is 0 Å². The maximum absolute atomic E-state index is 11.1. The van der Waals surface area contributed by atoms with Gasteiger partial charge in [-0.05, 0) is 43.3 Å². The average molecular weight is 441 g/mol. The first-order chi connectivity index (χ1) is 16.1. The van der Waals surface area contributed by atoms with Crippen LogP contribution in [0.2, 0.25) is 0 Å². The SMILES string of the molecule is Cc1cc(CNc2ccccc2O)c(O)c(CN(Cc2ccccn2)Cc2ccccn2)c1. The third-order valence-corrected chi connectivity index (χ3v) is 5.40. The number of aromatic hydroxyl groups is 2. The van der Waals surface area contributed by atoms with Crippen molar-refractivity contribution in [3.8, 4) is 11.5 Å². The van der Waals surface area contributed by atoms with Crippen molar-refractivity contribution in [2.75, 3.05) is 5.32 Å². The second-order valence-electron chi connectivity index (χ2n) is 8.09. The normalized spacial score (nSPS) is 11.0. The molecule has 0 aliphatic rings. The molecule has 2 aromatic carbocycles. The van der Waals surface area contributed by atoms with Crippen LogP contribution in [0.15, 0.2) is 85.2 Å². The summed E-state index contributed by atoms with van der Waals surface area (Å²) in [7, 11) is 0. The molecule has 0 unspecified atom stereocenters. The van der Waals surface area contributed by atoms with Gasteiger partial charge in [-0.3, -0.25) is 14.9 Å². The highest BCUT2D eigenvalue weighted by atomic mass is 16.3. The van der Waals surface area contributed by atoms with Gasteiger partial charge in [-0.25, -0.2) is 0 Å². The summed E-state index contributed by atoms with van der Waals surface area (Å²) in [5.41, 5.74) is 5.24. The Hall–Kier alpha value is -3.90. The van der Waals surface area contributed by atoms with Crippen molar-refractivity contribution in [2.45, 2.75) is 33.1 Å². The minimum atomic E-state index is 0.182. The molecule has 2 heterocycles. The summed E-state index contributed by atoms with van der Waals surface area (Å²) in [6.45, 7) is 4.24. The number of aromatic nitrogens is 2. The molecular formula is C27H28N4O2. The topological polar surface area (TPSA) is 81.5 Å². The number of para-hydroxylation sites is 2. The zero-order chi connectivity index (χ0) is 23.0. The number of hydrogen-bond donors (Lipinski definition) is 3. The number of nitrogens with one attached hydrogen (secondary N) is 1. The van der Waals surface area contributed by atoms with Crippen molar-refractivity contribution in [1.82, 2.24) is 14.9 Å². The molecular weight excluding hydrogens is 412 g/mol. The fourth-order valence-corrected chi connectivity index (χ4v) is 3.85. The van der Waals surface area contributed by atoms with Crippen LogP contribution in [0.1, 0.15) is 28.1 Å². The maximum Gasteiger partial charge on any atom is 0.138 e. The lowest BCUT2D eigenvalue weighted by Crippen LogP contribution is -2.23. The zero-order valence-corrected chi connectivity index (χ0v) is 18.6. The average Bonchev–Trinajstić information content (AvgIpc) is 2.82. The monoisotopic (exact) mass is 440 g/mol. The van der Waals surface area contributed by atoms with Crippen molar-refractivity contribution in [3.05, 3.63) is 113 Å². The highest BCUT2D eigenvalue weighted by molar-refractivity contribution is 5.56. The number of phenolic OH excluding ortho intramolecular Hbond substituents is 2. The smallest absolute Gasteiger partial charge is 0.138 e. The summed E-state index contributed by atoms with van der Waals surface area (Å²) in [6.07, 6.45) is 3.59. The van der Waals surface area contributed by atoms with Gasteiger partial charge in [0.2, 0.25) is 0 Å². The number of nitrogens with zero attached hydrogens (tertiary/aromatic N) is 3. The van der Waals surface area contributed by atoms with Crippen LogP contribution in [0, 0.1) is 6.92 Å². The van der Waals surface area contributed by atoms with Gasteiger partial charge in [0.05, 0.1) is 17.1 Å². The second kappa shape index (κ2) is 10.6. The quantitative estimate of drug-likeness (QED) is 0.318. The predicted molar refractivity (Wildman–Crippen MR) is 130 cm³/mol. The first-order valence-electron chi connectivity index (χ1n) is 10.9. The van der Waals surface area contributed by atoms with Crippen LogP contribution in [0.25, 0.3) is 0 Å². The highest BCUT2D eigenvalue weighted by Gasteiger charge is 2.15. The second-order valence-corrected chi connectivity index (χ2v) is 8.09. The number of hydrogen-bond acceptors (Lipinski definition) is 6. The first kappa shape index (κ1) is 22.3. The lowest BCUT2D eigenvalue weighted by atomic mass is 10.0. The van der Waals surface area contributed by atoms with Gasteiger partial charge < -0.3 is 15.5 Å². The van der Waals surface area contributed by atoms with Crippen molar-refractivity contribution >= 4 is 5.69 Å². The van der Waals surface area contributed by atoms with E-state index in [9.17, 15) is 10.2 Å². The zero-order valence-electron chi connectivity index (χ0n) is 18.6. The molecule has 0 atom stereocenters. The van der Waals surface area contributed by atoms with Gasteiger partial charge >= 0.3 is 0 Å². The third kappa shape index (κ3) is 6.08. The number of anilines is 1. The number of benzene rings is 2. The minimum Gasteiger partial charge on any atom is -0.507 e. The number of pyridine rings is 2. The van der Waals surface area contributed by atoms with Gasteiger partial charge in [0.1, 0.15) is 11.5 Å². The van der Waals surface area contributed by atoms with Crippen LogP contribution in [0.3, 0.4) is 0 Å². The summed E-state index contributed by atoms with van der Waals surface area (Å²) < 4.78 is 0. The molecule has 0 aliphatic heterocycles. The molecule has 2 aromatic heterocycles. The van der Waals surface area contributed by atoms with Crippen LogP contribution in [-0.4, -0.2) is 25.1 Å². The molecule has 0 amide bonds. The third-order valence-electron chi connectivity index (χ3n) is 5.40. The van der Waals surface area contributed by atoms with Gasteiger partial charge in [-0.1, -0.05) is 42.0 Å². The molecule has 4 aromatic rings.